The Morgan fingerprint density at radius 1 is 0.938 bits per heavy atom. The van der Waals surface area contributed by atoms with Crippen molar-refractivity contribution in [3.63, 3.8) is 0 Å². The molecule has 258 valence electrons. The lowest BCUT2D eigenvalue weighted by Gasteiger charge is -2.21. The van der Waals surface area contributed by atoms with Gasteiger partial charge in [-0.05, 0) is 79.0 Å². The molecule has 1 heterocycles. The van der Waals surface area contributed by atoms with Crippen molar-refractivity contribution < 1.29 is 50.5 Å². The van der Waals surface area contributed by atoms with Crippen molar-refractivity contribution in [1.29, 1.82) is 0 Å². The highest BCUT2D eigenvalue weighted by Crippen LogP contribution is 2.38. The number of sulfonamides is 1. The van der Waals surface area contributed by atoms with Crippen LogP contribution in [0.15, 0.2) is 48.8 Å². The van der Waals surface area contributed by atoms with E-state index in [1.54, 1.807) is 0 Å². The monoisotopic (exact) mass is 728 g/mol. The number of esters is 2. The summed E-state index contributed by atoms with van der Waals surface area (Å²) in [4.78, 5) is 29.9. The van der Waals surface area contributed by atoms with Gasteiger partial charge in [0, 0.05) is 18.8 Å². The van der Waals surface area contributed by atoms with Crippen LogP contribution in [-0.2, 0) is 30.7 Å². The van der Waals surface area contributed by atoms with Crippen LogP contribution < -0.4 is 18.9 Å². The number of hydrogen-bond acceptors (Lipinski definition) is 10. The Bertz CT molecular complexity index is 1740. The van der Waals surface area contributed by atoms with Gasteiger partial charge in [0.15, 0.2) is 18.1 Å². The lowest BCUT2D eigenvalue weighted by molar-refractivity contribution is -0.153. The Balaban J connectivity index is 1.32. The van der Waals surface area contributed by atoms with Gasteiger partial charge in [0.2, 0.25) is 10.0 Å². The molecule has 1 N–H and O–H groups in total. The molecule has 5 rings (SSSR count). The van der Waals surface area contributed by atoms with E-state index >= 15 is 0 Å². The van der Waals surface area contributed by atoms with Crippen molar-refractivity contribution in [3.8, 4) is 17.2 Å². The maximum Gasteiger partial charge on any atom is 0.387 e. The van der Waals surface area contributed by atoms with E-state index in [1.165, 1.54) is 48.8 Å². The van der Waals surface area contributed by atoms with E-state index in [2.05, 4.69) is 14.4 Å². The molecule has 2 aromatic carbocycles. The van der Waals surface area contributed by atoms with Crippen LogP contribution in [0.1, 0.15) is 53.3 Å². The number of benzene rings is 2. The van der Waals surface area contributed by atoms with Crippen molar-refractivity contribution in [3.05, 3.63) is 75.5 Å². The number of pyridine rings is 1. The van der Waals surface area contributed by atoms with Crippen molar-refractivity contribution in [2.24, 2.45) is 11.8 Å². The van der Waals surface area contributed by atoms with Gasteiger partial charge in [-0.3, -0.25) is 9.71 Å². The van der Waals surface area contributed by atoms with E-state index in [0.717, 1.165) is 31.9 Å². The Morgan fingerprint density at radius 2 is 1.58 bits per heavy atom. The molecule has 2 fully saturated rings. The molecule has 0 saturated heterocycles. The number of halogens is 4. The Labute approximate surface area is 285 Å². The van der Waals surface area contributed by atoms with E-state index in [1.807, 2.05) is 0 Å². The number of alkyl halides is 2. The lowest BCUT2D eigenvalue weighted by atomic mass is 10.0. The molecule has 0 amide bonds. The predicted molar refractivity (Wildman–Crippen MR) is 171 cm³/mol. The number of nitrogens with one attached hydrogen (secondary N) is 1. The van der Waals surface area contributed by atoms with Crippen LogP contribution in [0.5, 0.6) is 17.2 Å². The predicted octanol–water partition coefficient (Wildman–Crippen LogP) is 6.62. The summed E-state index contributed by atoms with van der Waals surface area (Å²) in [7, 11) is -3.63. The third-order valence-corrected chi connectivity index (χ3v) is 8.59. The summed E-state index contributed by atoms with van der Waals surface area (Å²) < 4.78 is 79.3. The van der Waals surface area contributed by atoms with E-state index < -0.39 is 41.3 Å². The highest BCUT2D eigenvalue weighted by molar-refractivity contribution is 7.92. The molecule has 1 aromatic heterocycles. The molecule has 16 heteroatoms. The van der Waals surface area contributed by atoms with Gasteiger partial charge in [0.05, 0.1) is 40.8 Å². The second kappa shape index (κ2) is 15.6. The number of hydrogen-bond donors (Lipinski definition) is 1. The molecule has 11 nitrogen and oxygen atoms in total. The van der Waals surface area contributed by atoms with Gasteiger partial charge in [-0.1, -0.05) is 29.3 Å². The first-order valence-corrected chi connectivity index (χ1v) is 17.6. The van der Waals surface area contributed by atoms with Crippen molar-refractivity contribution in [1.82, 2.24) is 4.98 Å². The minimum Gasteiger partial charge on any atom is -0.491 e. The van der Waals surface area contributed by atoms with Crippen molar-refractivity contribution in [2.75, 3.05) is 30.8 Å². The molecule has 0 spiro atoms. The smallest absolute Gasteiger partial charge is 0.387 e. The topological polar surface area (TPSA) is 139 Å². The largest absolute Gasteiger partial charge is 0.491 e. The molecule has 0 bridgehead atoms. The zero-order valence-corrected chi connectivity index (χ0v) is 28.0. The molecule has 2 aliphatic rings. The number of carbonyl (C=O) groups excluding carboxylic acids is 2. The number of ether oxygens (including phenoxy) is 5. The summed E-state index contributed by atoms with van der Waals surface area (Å²) in [5.74, 6) is -1.20. The van der Waals surface area contributed by atoms with E-state index in [0.29, 0.717) is 36.2 Å². The minimum atomic E-state index is -3.63. The quantitative estimate of drug-likeness (QED) is 0.151. The molecule has 1 unspecified atom stereocenters. The molecule has 0 radical (unpaired) electrons. The number of carbonyl (C=O) groups is 2. The zero-order chi connectivity index (χ0) is 34.4. The Morgan fingerprint density at radius 3 is 2.19 bits per heavy atom. The van der Waals surface area contributed by atoms with Crippen LogP contribution in [0.2, 0.25) is 10.0 Å². The van der Waals surface area contributed by atoms with Crippen LogP contribution >= 0.6 is 23.2 Å². The fourth-order valence-electron chi connectivity index (χ4n) is 4.51. The maximum absolute atomic E-state index is 13.1. The third-order valence-electron chi connectivity index (χ3n) is 7.35. The first-order valence-electron chi connectivity index (χ1n) is 14.9. The van der Waals surface area contributed by atoms with Gasteiger partial charge >= 0.3 is 18.6 Å². The number of nitrogens with zero attached hydrogens (tertiary/aromatic N) is 1. The summed E-state index contributed by atoms with van der Waals surface area (Å²) in [6, 6.07) is 8.16. The van der Waals surface area contributed by atoms with E-state index in [-0.39, 0.29) is 45.0 Å². The molecule has 1 atom stereocenters. The Hall–Kier alpha value is -3.88. The molecule has 2 saturated carbocycles. The van der Waals surface area contributed by atoms with Crippen LogP contribution in [-0.4, -0.2) is 58.0 Å². The molecule has 2 aliphatic carbocycles. The molecule has 0 aliphatic heterocycles. The fourth-order valence-corrected chi connectivity index (χ4v) is 5.60. The SMILES string of the molecule is CS(=O)(=O)Nc1ccc(C(=O)OCC(=O)OC(Cc2c(Cl)cncc2Cl)c2ccc(OC(F)F)c(OCC3CC3)c2)cc1OCC1CC1. The average molecular weight is 730 g/mol. The van der Waals surface area contributed by atoms with E-state index in [9.17, 15) is 26.8 Å². The normalized spacial score (nSPS) is 15.0. The van der Waals surface area contributed by atoms with Crippen LogP contribution in [0.4, 0.5) is 14.5 Å². The van der Waals surface area contributed by atoms with Crippen LogP contribution in [0.25, 0.3) is 0 Å². The lowest BCUT2D eigenvalue weighted by Crippen LogP contribution is -2.21. The van der Waals surface area contributed by atoms with E-state index in [4.69, 9.17) is 42.1 Å². The van der Waals surface area contributed by atoms with Gasteiger partial charge in [0.1, 0.15) is 11.9 Å². The second-order valence-corrected chi connectivity index (χ2v) is 14.1. The average Bonchev–Trinajstić information content (AvgIpc) is 3.95. The van der Waals surface area contributed by atoms with Gasteiger partial charge in [-0.25, -0.2) is 18.0 Å². The molecule has 48 heavy (non-hydrogen) atoms. The van der Waals surface area contributed by atoms with Gasteiger partial charge in [0.25, 0.3) is 0 Å². The summed E-state index contributed by atoms with van der Waals surface area (Å²) >= 11 is 12.7. The molecule has 3 aromatic rings. The zero-order valence-electron chi connectivity index (χ0n) is 25.6. The minimum absolute atomic E-state index is 0.00613. The maximum atomic E-state index is 13.1. The molecular weight excluding hydrogens is 697 g/mol. The van der Waals surface area contributed by atoms with Gasteiger partial charge < -0.3 is 23.7 Å². The summed E-state index contributed by atoms with van der Waals surface area (Å²) in [5, 5.41) is 0.401. The third kappa shape index (κ3) is 10.6. The van der Waals surface area contributed by atoms with Gasteiger partial charge in [-0.15, -0.1) is 0 Å². The molecular formula is C32H32Cl2F2N2O9S. The van der Waals surface area contributed by atoms with Crippen LogP contribution in [0.3, 0.4) is 0 Å². The first-order chi connectivity index (χ1) is 22.8. The number of aromatic nitrogens is 1. The highest BCUT2D eigenvalue weighted by atomic mass is 35.5. The second-order valence-electron chi connectivity index (χ2n) is 11.5. The van der Waals surface area contributed by atoms with Gasteiger partial charge in [-0.2, -0.15) is 8.78 Å². The standard InChI is InChI=1S/C32H32Cl2F2N2O9S/c1-48(41,42)38-25-8-6-21(11-28(25)43-15-18-2-3-18)31(40)45-17-30(39)46-27(12-22-23(33)13-37-14-24(22)34)20-7-9-26(47-32(35)36)29(10-20)44-16-19-4-5-19/h6-11,13-14,18-19,27,32,38H,2-5,12,15-17H2,1H3. The number of rotatable bonds is 17. The van der Waals surface area contributed by atoms with Crippen molar-refractivity contribution >= 4 is 50.9 Å². The summed E-state index contributed by atoms with van der Waals surface area (Å²) in [5.41, 5.74) is 0.901. The fraction of sp³-hybridized carbons (Fsp3) is 0.406. The summed E-state index contributed by atoms with van der Waals surface area (Å²) in [6.07, 6.45) is 6.48. The highest BCUT2D eigenvalue weighted by Gasteiger charge is 2.27. The number of anilines is 1. The van der Waals surface area contributed by atoms with Crippen molar-refractivity contribution in [2.45, 2.75) is 44.8 Å². The summed E-state index contributed by atoms with van der Waals surface area (Å²) in [6.45, 7) is -3.25. The van der Waals surface area contributed by atoms with Crippen LogP contribution in [0, 0.1) is 11.8 Å². The first kappa shape index (κ1) is 35.4. The Kier molecular flexibility index (Phi) is 11.5.